The number of para-hydroxylation sites is 2. The van der Waals surface area contributed by atoms with E-state index in [-0.39, 0.29) is 5.91 Å². The highest BCUT2D eigenvalue weighted by molar-refractivity contribution is 6.07. The number of carbonyl (C=O) groups is 1. The minimum Gasteiger partial charge on any atom is -0.476 e. The van der Waals surface area contributed by atoms with Gasteiger partial charge in [0.05, 0.1) is 5.52 Å². The smallest absolute Gasteiger partial charge is 0.261 e. The van der Waals surface area contributed by atoms with Crippen molar-refractivity contribution in [2.75, 3.05) is 31.6 Å². The van der Waals surface area contributed by atoms with Gasteiger partial charge in [-0.3, -0.25) is 4.79 Å². The van der Waals surface area contributed by atoms with Crippen molar-refractivity contribution in [3.05, 3.63) is 66.2 Å². The summed E-state index contributed by atoms with van der Waals surface area (Å²) in [5, 5.41) is 3.82. The number of hydrogen-bond acceptors (Lipinski definition) is 4. The van der Waals surface area contributed by atoms with Crippen molar-refractivity contribution >= 4 is 22.5 Å². The van der Waals surface area contributed by atoms with Gasteiger partial charge in [0, 0.05) is 17.6 Å². The third-order valence-electron chi connectivity index (χ3n) is 4.51. The first-order chi connectivity index (χ1) is 13.2. The lowest BCUT2D eigenvalue weighted by Gasteiger charge is -2.18. The van der Waals surface area contributed by atoms with Crippen LogP contribution in [-0.2, 0) is 0 Å². The maximum atomic E-state index is 12.8. The summed E-state index contributed by atoms with van der Waals surface area (Å²) in [6.45, 7) is 7.45. The lowest BCUT2D eigenvalue weighted by Crippen LogP contribution is -2.28. The molecule has 0 radical (unpaired) electrons. The molecular formula is C22H25N3O2. The van der Waals surface area contributed by atoms with E-state index in [2.05, 4.69) is 29.0 Å². The van der Waals surface area contributed by atoms with Gasteiger partial charge >= 0.3 is 0 Å². The summed E-state index contributed by atoms with van der Waals surface area (Å²) >= 11 is 0. The molecule has 0 fully saturated rings. The fraction of sp³-hybridized carbons (Fsp3) is 0.273. The first kappa shape index (κ1) is 18.9. The number of pyridine rings is 1. The van der Waals surface area contributed by atoms with Gasteiger partial charge in [-0.15, -0.1) is 0 Å². The molecule has 1 amide bonds. The lowest BCUT2D eigenvalue weighted by atomic mass is 10.1. The van der Waals surface area contributed by atoms with E-state index in [9.17, 15) is 4.79 Å². The second-order valence-corrected chi connectivity index (χ2v) is 6.23. The van der Waals surface area contributed by atoms with E-state index >= 15 is 0 Å². The number of fused-ring (bicyclic) bond motifs is 1. The highest BCUT2D eigenvalue weighted by Gasteiger charge is 2.16. The number of benzene rings is 2. The van der Waals surface area contributed by atoms with Gasteiger partial charge in [0.2, 0.25) is 5.88 Å². The second-order valence-electron chi connectivity index (χ2n) is 6.23. The van der Waals surface area contributed by atoms with E-state index < -0.39 is 0 Å². The van der Waals surface area contributed by atoms with E-state index in [4.69, 9.17) is 4.74 Å². The van der Waals surface area contributed by atoms with Crippen LogP contribution in [0.15, 0.2) is 60.7 Å². The van der Waals surface area contributed by atoms with E-state index in [1.807, 2.05) is 60.7 Å². The van der Waals surface area contributed by atoms with Gasteiger partial charge < -0.3 is 15.0 Å². The molecule has 0 atom stereocenters. The number of nitrogens with one attached hydrogen (secondary N) is 1. The molecule has 27 heavy (non-hydrogen) atoms. The Kier molecular flexibility index (Phi) is 6.39. The van der Waals surface area contributed by atoms with Crippen molar-refractivity contribution in [2.45, 2.75) is 13.8 Å². The third-order valence-corrected chi connectivity index (χ3v) is 4.51. The molecule has 1 aromatic heterocycles. The molecule has 2 aromatic carbocycles. The Morgan fingerprint density at radius 3 is 2.48 bits per heavy atom. The quantitative estimate of drug-likeness (QED) is 0.651. The molecule has 0 saturated heterocycles. The summed E-state index contributed by atoms with van der Waals surface area (Å²) in [5.74, 6) is 0.145. The molecule has 140 valence electrons. The highest BCUT2D eigenvalue weighted by atomic mass is 16.5. The van der Waals surface area contributed by atoms with Crippen LogP contribution in [0.1, 0.15) is 24.2 Å². The van der Waals surface area contributed by atoms with Crippen molar-refractivity contribution in [1.29, 1.82) is 0 Å². The van der Waals surface area contributed by atoms with Gasteiger partial charge in [-0.05, 0) is 37.4 Å². The Labute approximate surface area is 160 Å². The number of aromatic nitrogens is 1. The number of amides is 1. The molecule has 0 aliphatic rings. The molecule has 0 spiro atoms. The summed E-state index contributed by atoms with van der Waals surface area (Å²) in [6, 6.07) is 19.0. The van der Waals surface area contributed by atoms with Crippen molar-refractivity contribution in [2.24, 2.45) is 0 Å². The number of anilines is 1. The lowest BCUT2D eigenvalue weighted by molar-refractivity contribution is 0.102. The first-order valence-corrected chi connectivity index (χ1v) is 9.32. The first-order valence-electron chi connectivity index (χ1n) is 9.32. The molecule has 0 aliphatic heterocycles. The summed E-state index contributed by atoms with van der Waals surface area (Å²) in [5.41, 5.74) is 1.99. The van der Waals surface area contributed by atoms with Gasteiger partial charge in [0.15, 0.2) is 0 Å². The van der Waals surface area contributed by atoms with Crippen LogP contribution < -0.4 is 10.1 Å². The van der Waals surface area contributed by atoms with Crippen LogP contribution in [-0.4, -0.2) is 42.0 Å². The third kappa shape index (κ3) is 4.83. The van der Waals surface area contributed by atoms with Crippen LogP contribution in [0.5, 0.6) is 5.88 Å². The number of carbonyl (C=O) groups excluding carboxylic acids is 1. The molecule has 0 unspecified atom stereocenters. The van der Waals surface area contributed by atoms with Crippen LogP contribution >= 0.6 is 0 Å². The van der Waals surface area contributed by atoms with Crippen LogP contribution in [0, 0.1) is 0 Å². The van der Waals surface area contributed by atoms with Crippen LogP contribution in [0.3, 0.4) is 0 Å². The highest BCUT2D eigenvalue weighted by Crippen LogP contribution is 2.23. The monoisotopic (exact) mass is 363 g/mol. The van der Waals surface area contributed by atoms with Gasteiger partial charge in [0.1, 0.15) is 12.2 Å². The minimum absolute atomic E-state index is 0.225. The number of nitrogens with zero attached hydrogens (tertiary/aromatic N) is 2. The summed E-state index contributed by atoms with van der Waals surface area (Å²) in [7, 11) is 0. The van der Waals surface area contributed by atoms with Crippen molar-refractivity contribution < 1.29 is 9.53 Å². The Hall–Kier alpha value is -2.92. The van der Waals surface area contributed by atoms with Gasteiger partial charge in [0.25, 0.3) is 5.91 Å². The second kappa shape index (κ2) is 9.14. The number of likely N-dealkylation sites (N-methyl/N-ethyl adjacent to an activating group) is 1. The van der Waals surface area contributed by atoms with Crippen molar-refractivity contribution in [3.63, 3.8) is 0 Å². The Bertz CT molecular complexity index is 892. The zero-order valence-electron chi connectivity index (χ0n) is 15.8. The Morgan fingerprint density at radius 2 is 1.74 bits per heavy atom. The van der Waals surface area contributed by atoms with Crippen molar-refractivity contribution in [3.8, 4) is 5.88 Å². The minimum atomic E-state index is -0.225. The zero-order chi connectivity index (χ0) is 19.1. The largest absolute Gasteiger partial charge is 0.476 e. The predicted octanol–water partition coefficient (Wildman–Crippen LogP) is 4.21. The molecule has 3 rings (SSSR count). The molecule has 0 bridgehead atoms. The molecule has 3 aromatic rings. The fourth-order valence-corrected chi connectivity index (χ4v) is 2.90. The summed E-state index contributed by atoms with van der Waals surface area (Å²) < 4.78 is 5.92. The van der Waals surface area contributed by atoms with Crippen LogP contribution in [0.2, 0.25) is 0 Å². The normalized spacial score (nSPS) is 10.9. The maximum absolute atomic E-state index is 12.8. The molecule has 1 N–H and O–H groups in total. The number of ether oxygens (including phenoxy) is 1. The molecule has 5 heteroatoms. The van der Waals surface area contributed by atoms with E-state index in [0.717, 1.165) is 36.2 Å². The molecule has 5 nitrogen and oxygen atoms in total. The maximum Gasteiger partial charge on any atom is 0.261 e. The van der Waals surface area contributed by atoms with E-state index in [1.54, 1.807) is 0 Å². The molecular weight excluding hydrogens is 338 g/mol. The number of rotatable bonds is 8. The van der Waals surface area contributed by atoms with Crippen LogP contribution in [0.4, 0.5) is 5.69 Å². The Balaban J connectivity index is 1.85. The van der Waals surface area contributed by atoms with Gasteiger partial charge in [-0.2, -0.15) is 0 Å². The van der Waals surface area contributed by atoms with Crippen LogP contribution in [0.25, 0.3) is 10.9 Å². The van der Waals surface area contributed by atoms with E-state index in [0.29, 0.717) is 18.1 Å². The standard InChI is InChI=1S/C22H25N3O2/c1-3-25(4-2)14-15-27-22-19(16-17-10-8-9-13-20(17)24-22)21(26)23-18-11-6-5-7-12-18/h5-13,16H,3-4,14-15H2,1-2H3,(H,23,26). The zero-order valence-corrected chi connectivity index (χ0v) is 15.8. The molecule has 0 saturated carbocycles. The fourth-order valence-electron chi connectivity index (χ4n) is 2.90. The number of hydrogen-bond donors (Lipinski definition) is 1. The average Bonchev–Trinajstić information content (AvgIpc) is 2.71. The topological polar surface area (TPSA) is 54.5 Å². The SMILES string of the molecule is CCN(CC)CCOc1nc2ccccc2cc1C(=O)Nc1ccccc1. The van der Waals surface area contributed by atoms with Gasteiger partial charge in [-0.1, -0.05) is 50.2 Å². The summed E-state index contributed by atoms with van der Waals surface area (Å²) in [4.78, 5) is 19.7. The molecule has 0 aliphatic carbocycles. The summed E-state index contributed by atoms with van der Waals surface area (Å²) in [6.07, 6.45) is 0. The Morgan fingerprint density at radius 1 is 1.04 bits per heavy atom. The molecule has 1 heterocycles. The average molecular weight is 363 g/mol. The van der Waals surface area contributed by atoms with E-state index in [1.165, 1.54) is 0 Å². The van der Waals surface area contributed by atoms with Gasteiger partial charge in [-0.25, -0.2) is 4.98 Å². The predicted molar refractivity (Wildman–Crippen MR) is 109 cm³/mol. The van der Waals surface area contributed by atoms with Crippen molar-refractivity contribution in [1.82, 2.24) is 9.88 Å².